The maximum absolute atomic E-state index is 13.0. The molecule has 3 nitrogen and oxygen atoms in total. The van der Waals surface area contributed by atoms with Crippen LogP contribution in [0.2, 0.25) is 0 Å². The normalized spacial score (nSPS) is 11.8. The Morgan fingerprint density at radius 3 is 2.73 bits per heavy atom. The number of rotatable bonds is 6. The summed E-state index contributed by atoms with van der Waals surface area (Å²) in [6.07, 6.45) is 0.993. The third-order valence-electron chi connectivity index (χ3n) is 3.54. The molecule has 0 heterocycles. The topological polar surface area (TPSA) is 38.3 Å². The first-order valence-corrected chi connectivity index (χ1v) is 7.37. The number of amides is 1. The van der Waals surface area contributed by atoms with Crippen LogP contribution >= 0.6 is 0 Å². The van der Waals surface area contributed by atoms with Crippen molar-refractivity contribution in [2.24, 2.45) is 0 Å². The quantitative estimate of drug-likeness (QED) is 0.861. The fourth-order valence-corrected chi connectivity index (χ4v) is 2.15. The molecule has 0 spiro atoms. The molecule has 116 valence electrons. The van der Waals surface area contributed by atoms with E-state index in [0.717, 1.165) is 17.7 Å². The zero-order chi connectivity index (χ0) is 15.9. The van der Waals surface area contributed by atoms with E-state index in [1.165, 1.54) is 12.1 Å². The van der Waals surface area contributed by atoms with Gasteiger partial charge in [0.05, 0.1) is 0 Å². The van der Waals surface area contributed by atoms with Crippen LogP contribution in [0.15, 0.2) is 48.5 Å². The highest BCUT2D eigenvalue weighted by molar-refractivity contribution is 5.92. The number of hydrogen-bond acceptors (Lipinski definition) is 2. The molecule has 22 heavy (non-hydrogen) atoms. The summed E-state index contributed by atoms with van der Waals surface area (Å²) in [6.45, 7) is 4.07. The van der Waals surface area contributed by atoms with Crippen LogP contribution < -0.4 is 10.1 Å². The van der Waals surface area contributed by atoms with Crippen LogP contribution in [-0.4, -0.2) is 12.5 Å². The van der Waals surface area contributed by atoms with Crippen molar-refractivity contribution >= 4 is 11.6 Å². The van der Waals surface area contributed by atoms with Gasteiger partial charge in [-0.3, -0.25) is 4.79 Å². The molecule has 0 aromatic heterocycles. The van der Waals surface area contributed by atoms with E-state index >= 15 is 0 Å². The summed E-state index contributed by atoms with van der Waals surface area (Å²) >= 11 is 0. The largest absolute Gasteiger partial charge is 0.484 e. The Morgan fingerprint density at radius 1 is 1.23 bits per heavy atom. The standard InChI is InChI=1S/C18H20FNO2/c1-3-13(2)16-9-4-5-10-17(16)20-18(21)12-22-15-8-6-7-14(19)11-15/h4-11,13H,3,12H2,1-2H3,(H,20,21)/t13-/m0/s1. The number of benzene rings is 2. The molecule has 0 aliphatic heterocycles. The van der Waals surface area contributed by atoms with E-state index in [9.17, 15) is 9.18 Å². The van der Waals surface area contributed by atoms with Crippen LogP contribution in [0.25, 0.3) is 0 Å². The number of anilines is 1. The molecule has 2 aromatic carbocycles. The zero-order valence-corrected chi connectivity index (χ0v) is 12.8. The maximum Gasteiger partial charge on any atom is 0.262 e. The van der Waals surface area contributed by atoms with Gasteiger partial charge in [0.1, 0.15) is 11.6 Å². The van der Waals surface area contributed by atoms with Gasteiger partial charge in [-0.05, 0) is 36.1 Å². The molecule has 1 N–H and O–H groups in total. The maximum atomic E-state index is 13.0. The van der Waals surface area contributed by atoms with E-state index in [2.05, 4.69) is 19.2 Å². The van der Waals surface area contributed by atoms with Crippen LogP contribution in [0.3, 0.4) is 0 Å². The second kappa shape index (κ2) is 7.59. The van der Waals surface area contributed by atoms with Gasteiger partial charge in [0.2, 0.25) is 0 Å². The van der Waals surface area contributed by atoms with Gasteiger partial charge in [-0.25, -0.2) is 4.39 Å². The van der Waals surface area contributed by atoms with Gasteiger partial charge in [0.15, 0.2) is 6.61 Å². The molecule has 2 rings (SSSR count). The number of para-hydroxylation sites is 1. The summed E-state index contributed by atoms with van der Waals surface area (Å²) in [5.41, 5.74) is 1.90. The molecule has 0 aliphatic carbocycles. The number of carbonyl (C=O) groups excluding carboxylic acids is 1. The lowest BCUT2D eigenvalue weighted by molar-refractivity contribution is -0.118. The number of nitrogens with one attached hydrogen (secondary N) is 1. The first kappa shape index (κ1) is 16.0. The first-order chi connectivity index (χ1) is 10.6. The van der Waals surface area contributed by atoms with E-state index in [-0.39, 0.29) is 18.3 Å². The van der Waals surface area contributed by atoms with Gasteiger partial charge in [-0.2, -0.15) is 0 Å². The molecular weight excluding hydrogens is 281 g/mol. The second-order valence-corrected chi connectivity index (χ2v) is 5.19. The van der Waals surface area contributed by atoms with E-state index in [0.29, 0.717) is 11.7 Å². The second-order valence-electron chi connectivity index (χ2n) is 5.19. The monoisotopic (exact) mass is 301 g/mol. The molecule has 4 heteroatoms. The van der Waals surface area contributed by atoms with Crippen LogP contribution in [0.4, 0.5) is 10.1 Å². The average Bonchev–Trinajstić information content (AvgIpc) is 2.53. The van der Waals surface area contributed by atoms with Gasteiger partial charge in [-0.15, -0.1) is 0 Å². The SMILES string of the molecule is CC[C@H](C)c1ccccc1NC(=O)COc1cccc(F)c1. The average molecular weight is 301 g/mol. The predicted octanol–water partition coefficient (Wildman–Crippen LogP) is 4.36. The number of hydrogen-bond donors (Lipinski definition) is 1. The summed E-state index contributed by atoms with van der Waals surface area (Å²) in [5.74, 6) is 0.0473. The van der Waals surface area contributed by atoms with Crippen LogP contribution in [0.1, 0.15) is 31.7 Å². The van der Waals surface area contributed by atoms with Gasteiger partial charge >= 0.3 is 0 Å². The van der Waals surface area contributed by atoms with E-state index in [1.54, 1.807) is 12.1 Å². The van der Waals surface area contributed by atoms with Crippen molar-refractivity contribution in [1.82, 2.24) is 0 Å². The molecule has 0 fully saturated rings. The minimum absolute atomic E-state index is 0.154. The molecule has 0 saturated carbocycles. The van der Waals surface area contributed by atoms with Crippen molar-refractivity contribution in [3.05, 3.63) is 59.9 Å². The Hall–Kier alpha value is -2.36. The van der Waals surface area contributed by atoms with Crippen LogP contribution in [0.5, 0.6) is 5.75 Å². The molecule has 1 amide bonds. The fourth-order valence-electron chi connectivity index (χ4n) is 2.15. The minimum Gasteiger partial charge on any atom is -0.484 e. The highest BCUT2D eigenvalue weighted by atomic mass is 19.1. The number of halogens is 1. The van der Waals surface area contributed by atoms with Gasteiger partial charge in [0.25, 0.3) is 5.91 Å². The smallest absolute Gasteiger partial charge is 0.262 e. The first-order valence-electron chi connectivity index (χ1n) is 7.37. The van der Waals surface area contributed by atoms with Crippen molar-refractivity contribution < 1.29 is 13.9 Å². The van der Waals surface area contributed by atoms with Crippen molar-refractivity contribution in [2.75, 3.05) is 11.9 Å². The lowest BCUT2D eigenvalue weighted by Gasteiger charge is -2.15. The van der Waals surface area contributed by atoms with Gasteiger partial charge in [-0.1, -0.05) is 38.1 Å². The summed E-state index contributed by atoms with van der Waals surface area (Å²) in [6, 6.07) is 13.5. The van der Waals surface area contributed by atoms with Crippen molar-refractivity contribution in [1.29, 1.82) is 0 Å². The summed E-state index contributed by atoms with van der Waals surface area (Å²) < 4.78 is 18.3. The Bertz CT molecular complexity index is 642. The van der Waals surface area contributed by atoms with Crippen molar-refractivity contribution in [2.45, 2.75) is 26.2 Å². The van der Waals surface area contributed by atoms with Crippen molar-refractivity contribution in [3.63, 3.8) is 0 Å². The van der Waals surface area contributed by atoms with Crippen LogP contribution in [-0.2, 0) is 4.79 Å². The molecule has 0 saturated heterocycles. The van der Waals surface area contributed by atoms with Crippen molar-refractivity contribution in [3.8, 4) is 5.75 Å². The Kier molecular flexibility index (Phi) is 5.53. The summed E-state index contributed by atoms with van der Waals surface area (Å²) in [5, 5.41) is 2.85. The van der Waals surface area contributed by atoms with Gasteiger partial charge in [0, 0.05) is 11.8 Å². The predicted molar refractivity (Wildman–Crippen MR) is 85.7 cm³/mol. The lowest BCUT2D eigenvalue weighted by atomic mass is 9.97. The fraction of sp³-hybridized carbons (Fsp3) is 0.278. The Morgan fingerprint density at radius 2 is 2.00 bits per heavy atom. The van der Waals surface area contributed by atoms with E-state index in [1.807, 2.05) is 24.3 Å². The lowest BCUT2D eigenvalue weighted by Crippen LogP contribution is -2.21. The zero-order valence-electron chi connectivity index (χ0n) is 12.8. The molecule has 0 aliphatic rings. The number of carbonyl (C=O) groups is 1. The highest BCUT2D eigenvalue weighted by Gasteiger charge is 2.11. The minimum atomic E-state index is -0.389. The molecule has 0 bridgehead atoms. The molecule has 0 radical (unpaired) electrons. The molecule has 1 atom stereocenters. The van der Waals surface area contributed by atoms with Gasteiger partial charge < -0.3 is 10.1 Å². The third-order valence-corrected chi connectivity index (χ3v) is 3.54. The third kappa shape index (κ3) is 4.32. The van der Waals surface area contributed by atoms with E-state index < -0.39 is 0 Å². The van der Waals surface area contributed by atoms with E-state index in [4.69, 9.17) is 4.74 Å². The Labute approximate surface area is 130 Å². The molecular formula is C18H20FNO2. The summed E-state index contributed by atoms with van der Waals surface area (Å²) in [7, 11) is 0. The van der Waals surface area contributed by atoms with Crippen LogP contribution in [0, 0.1) is 5.82 Å². The Balaban J connectivity index is 1.98. The number of ether oxygens (including phenoxy) is 1. The highest BCUT2D eigenvalue weighted by Crippen LogP contribution is 2.26. The molecule has 2 aromatic rings. The summed E-state index contributed by atoms with van der Waals surface area (Å²) in [4.78, 5) is 12.0. The molecule has 0 unspecified atom stereocenters.